The minimum atomic E-state index is -3.66. The van der Waals surface area contributed by atoms with E-state index in [0.717, 1.165) is 0 Å². The summed E-state index contributed by atoms with van der Waals surface area (Å²) >= 11 is 0. The molecule has 0 spiro atoms. The van der Waals surface area contributed by atoms with E-state index in [-0.39, 0.29) is 11.5 Å². The highest BCUT2D eigenvalue weighted by Gasteiger charge is 2.48. The number of pyridine rings is 1. The Hall–Kier alpha value is -1.94. The predicted molar refractivity (Wildman–Crippen MR) is 54.1 cm³/mol. The Bertz CT molecular complexity index is 749. The number of benzene rings is 1. The quantitative estimate of drug-likeness (QED) is 0.707. The van der Waals surface area contributed by atoms with Crippen LogP contribution >= 0.6 is 7.82 Å². The van der Waals surface area contributed by atoms with Crippen LogP contribution < -0.4 is 19.1 Å². The molecule has 1 aromatic heterocycles. The Morgan fingerprint density at radius 1 is 1.12 bits per heavy atom. The fourth-order valence-electron chi connectivity index (χ4n) is 1.91. The average molecular weight is 237 g/mol. The molecule has 0 amide bonds. The number of nitrogens with one attached hydrogen (secondary N) is 1. The van der Waals surface area contributed by atoms with Crippen LogP contribution in [0, 0.1) is 0 Å². The van der Waals surface area contributed by atoms with Crippen LogP contribution in [-0.4, -0.2) is 4.98 Å². The van der Waals surface area contributed by atoms with Crippen molar-refractivity contribution >= 4 is 18.7 Å². The number of phosphoric ester groups is 1. The van der Waals surface area contributed by atoms with Gasteiger partial charge in [-0.25, -0.2) is 0 Å². The van der Waals surface area contributed by atoms with Gasteiger partial charge in [-0.2, -0.15) is 4.57 Å². The lowest BCUT2D eigenvalue weighted by Gasteiger charge is -2.15. The molecule has 0 aliphatic carbocycles. The van der Waals surface area contributed by atoms with Gasteiger partial charge in [0, 0.05) is 0 Å². The standard InChI is InChI=1S/C9H4NO5P/c11-9-8-7-6-4(10-9)2-1-3-5(6)13-16(12,14-7)15-8/h1-3H,(H,10,11). The summed E-state index contributed by atoms with van der Waals surface area (Å²) in [5, 5.41) is 0.584. The minimum Gasteiger partial charge on any atom is -0.385 e. The molecule has 80 valence electrons. The van der Waals surface area contributed by atoms with Gasteiger partial charge in [-0.3, -0.25) is 4.79 Å². The second-order valence-electron chi connectivity index (χ2n) is 3.51. The van der Waals surface area contributed by atoms with E-state index in [2.05, 4.69) is 4.98 Å². The molecule has 1 N–H and O–H groups in total. The Kier molecular flexibility index (Phi) is 1.16. The molecule has 2 aromatic rings. The average Bonchev–Trinajstić information content (AvgIpc) is 2.51. The first-order chi connectivity index (χ1) is 7.66. The van der Waals surface area contributed by atoms with Crippen molar-refractivity contribution < 1.29 is 18.1 Å². The zero-order valence-electron chi connectivity index (χ0n) is 7.72. The van der Waals surface area contributed by atoms with Crippen LogP contribution in [0.25, 0.3) is 10.9 Å². The second kappa shape index (κ2) is 2.25. The van der Waals surface area contributed by atoms with Crippen LogP contribution in [-0.2, 0) is 4.57 Å². The van der Waals surface area contributed by atoms with Crippen molar-refractivity contribution in [3.8, 4) is 17.2 Å². The maximum absolute atomic E-state index is 11.9. The normalized spacial score (nSPS) is 24.0. The van der Waals surface area contributed by atoms with Crippen molar-refractivity contribution in [3.63, 3.8) is 0 Å². The van der Waals surface area contributed by atoms with Gasteiger partial charge in [-0.1, -0.05) is 6.07 Å². The van der Waals surface area contributed by atoms with Crippen LogP contribution in [0.3, 0.4) is 0 Å². The first-order valence-corrected chi connectivity index (χ1v) is 6.00. The summed E-state index contributed by atoms with van der Waals surface area (Å²) in [6, 6.07) is 5.05. The number of fused-ring (bicyclic) bond motifs is 1. The molecule has 0 fully saturated rings. The van der Waals surface area contributed by atoms with E-state index in [1.54, 1.807) is 18.2 Å². The van der Waals surface area contributed by atoms with Crippen molar-refractivity contribution in [2.75, 3.05) is 0 Å². The van der Waals surface area contributed by atoms with Crippen LogP contribution in [0.5, 0.6) is 17.2 Å². The zero-order valence-corrected chi connectivity index (χ0v) is 8.61. The molecule has 1 unspecified atom stereocenters. The Balaban J connectivity index is 2.33. The molecule has 2 aliphatic heterocycles. The minimum absolute atomic E-state index is 0.0687. The summed E-state index contributed by atoms with van der Waals surface area (Å²) in [4.78, 5) is 14.2. The van der Waals surface area contributed by atoms with Crippen molar-refractivity contribution in [2.24, 2.45) is 0 Å². The van der Waals surface area contributed by atoms with E-state index in [4.69, 9.17) is 13.6 Å². The van der Waals surface area contributed by atoms with E-state index in [9.17, 15) is 9.36 Å². The third kappa shape index (κ3) is 0.796. The predicted octanol–water partition coefficient (Wildman–Crippen LogP) is 1.80. The third-order valence-corrected chi connectivity index (χ3v) is 3.76. The van der Waals surface area contributed by atoms with E-state index < -0.39 is 13.4 Å². The molecular weight excluding hydrogens is 233 g/mol. The van der Waals surface area contributed by atoms with Gasteiger partial charge in [0.15, 0.2) is 5.75 Å². The monoisotopic (exact) mass is 237 g/mol. The van der Waals surface area contributed by atoms with E-state index >= 15 is 0 Å². The lowest BCUT2D eigenvalue weighted by Crippen LogP contribution is -2.05. The molecule has 0 radical (unpaired) electrons. The fraction of sp³-hybridized carbons (Fsp3) is 0. The van der Waals surface area contributed by atoms with Gasteiger partial charge < -0.3 is 18.6 Å². The number of rotatable bonds is 0. The van der Waals surface area contributed by atoms with Gasteiger partial charge in [0.1, 0.15) is 5.75 Å². The summed E-state index contributed by atoms with van der Waals surface area (Å²) < 4.78 is 27.0. The Labute approximate surface area is 88.4 Å². The van der Waals surface area contributed by atoms with Gasteiger partial charge in [0.05, 0.1) is 10.9 Å². The van der Waals surface area contributed by atoms with Crippen LogP contribution in [0.1, 0.15) is 0 Å². The van der Waals surface area contributed by atoms with Crippen LogP contribution in [0.4, 0.5) is 0 Å². The van der Waals surface area contributed by atoms with Crippen molar-refractivity contribution in [3.05, 3.63) is 28.6 Å². The highest BCUT2D eigenvalue weighted by atomic mass is 31.2. The zero-order chi connectivity index (χ0) is 10.9. The molecule has 1 atom stereocenters. The summed E-state index contributed by atoms with van der Waals surface area (Å²) in [7, 11) is -3.66. The SMILES string of the molecule is O=c1[nH]c2cccc3c2c2c1OP(=O)(O3)O2. The first kappa shape index (κ1) is 8.24. The molecule has 0 saturated heterocycles. The number of H-pyrrole nitrogens is 1. The largest absolute Gasteiger partial charge is 0.647 e. The third-order valence-electron chi connectivity index (χ3n) is 2.53. The Morgan fingerprint density at radius 3 is 2.81 bits per heavy atom. The maximum Gasteiger partial charge on any atom is 0.647 e. The highest BCUT2D eigenvalue weighted by molar-refractivity contribution is 7.50. The first-order valence-electron chi connectivity index (χ1n) is 4.54. The lowest BCUT2D eigenvalue weighted by atomic mass is 10.2. The van der Waals surface area contributed by atoms with E-state index in [1.165, 1.54) is 0 Å². The number of aromatic nitrogens is 1. The number of phosphoric acid groups is 1. The smallest absolute Gasteiger partial charge is 0.385 e. The second-order valence-corrected chi connectivity index (χ2v) is 4.95. The lowest BCUT2D eigenvalue weighted by molar-refractivity contribution is 0.327. The van der Waals surface area contributed by atoms with Crippen molar-refractivity contribution in [2.45, 2.75) is 0 Å². The van der Waals surface area contributed by atoms with Gasteiger partial charge in [-0.05, 0) is 12.1 Å². The molecule has 3 heterocycles. The molecule has 4 rings (SSSR count). The molecule has 6 nitrogen and oxygen atoms in total. The topological polar surface area (TPSA) is 77.6 Å². The van der Waals surface area contributed by atoms with Crippen molar-refractivity contribution in [1.29, 1.82) is 0 Å². The fourth-order valence-corrected chi connectivity index (χ4v) is 3.20. The van der Waals surface area contributed by atoms with E-state index in [0.29, 0.717) is 16.7 Å². The molecule has 7 heteroatoms. The Morgan fingerprint density at radius 2 is 1.94 bits per heavy atom. The molecule has 0 saturated carbocycles. The summed E-state index contributed by atoms with van der Waals surface area (Å²) in [5.74, 6) is 0.543. The van der Waals surface area contributed by atoms with Gasteiger partial charge >= 0.3 is 7.82 Å². The van der Waals surface area contributed by atoms with Gasteiger partial charge in [0.2, 0.25) is 5.75 Å². The summed E-state index contributed by atoms with van der Waals surface area (Å²) in [6.45, 7) is 0. The number of hydrogen-bond acceptors (Lipinski definition) is 5. The summed E-state index contributed by atoms with van der Waals surface area (Å²) in [6.07, 6.45) is 0. The van der Waals surface area contributed by atoms with Gasteiger partial charge in [-0.15, -0.1) is 0 Å². The van der Waals surface area contributed by atoms with E-state index in [1.807, 2.05) is 0 Å². The molecule has 1 aromatic carbocycles. The molecular formula is C9H4NO5P. The summed E-state index contributed by atoms with van der Waals surface area (Å²) in [5.41, 5.74) is 0.0980. The molecule has 2 aliphatic rings. The van der Waals surface area contributed by atoms with Crippen LogP contribution in [0.2, 0.25) is 0 Å². The molecule has 16 heavy (non-hydrogen) atoms. The van der Waals surface area contributed by atoms with Crippen LogP contribution in [0.15, 0.2) is 23.0 Å². The maximum atomic E-state index is 11.9. The number of aromatic amines is 1. The van der Waals surface area contributed by atoms with Gasteiger partial charge in [0.25, 0.3) is 5.56 Å². The highest BCUT2D eigenvalue weighted by Crippen LogP contribution is 2.64. The molecule has 2 bridgehead atoms. The number of hydrogen-bond donors (Lipinski definition) is 1. The van der Waals surface area contributed by atoms with Crippen molar-refractivity contribution in [1.82, 2.24) is 4.98 Å².